The van der Waals surface area contributed by atoms with E-state index in [2.05, 4.69) is 0 Å². The molecular formula is C13H19NO5S. The topological polar surface area (TPSA) is 94.9 Å². The van der Waals surface area contributed by atoms with Gasteiger partial charge in [-0.15, -0.1) is 0 Å². The van der Waals surface area contributed by atoms with Crippen LogP contribution >= 0.6 is 0 Å². The summed E-state index contributed by atoms with van der Waals surface area (Å²) in [7, 11) is -3.83. The van der Waals surface area contributed by atoms with E-state index in [9.17, 15) is 13.2 Å². The van der Waals surface area contributed by atoms with E-state index in [4.69, 9.17) is 10.2 Å². The fraction of sp³-hybridized carbons (Fsp3) is 0.462. The number of aliphatic hydroxyl groups is 1. The van der Waals surface area contributed by atoms with Gasteiger partial charge in [-0.1, -0.05) is 6.07 Å². The molecule has 7 heteroatoms. The lowest BCUT2D eigenvalue weighted by molar-refractivity contribution is 0.0696. The molecule has 0 heterocycles. The smallest absolute Gasteiger partial charge is 0.335 e. The van der Waals surface area contributed by atoms with Gasteiger partial charge in [-0.25, -0.2) is 13.2 Å². The first-order valence-corrected chi connectivity index (χ1v) is 7.62. The van der Waals surface area contributed by atoms with Gasteiger partial charge in [-0.3, -0.25) is 0 Å². The lowest BCUT2D eigenvalue weighted by atomic mass is 10.1. The van der Waals surface area contributed by atoms with E-state index < -0.39 is 16.0 Å². The molecule has 2 N–H and O–H groups in total. The van der Waals surface area contributed by atoms with Crippen molar-refractivity contribution in [1.29, 1.82) is 0 Å². The Morgan fingerprint density at radius 2 is 1.95 bits per heavy atom. The van der Waals surface area contributed by atoms with Gasteiger partial charge in [0.15, 0.2) is 0 Å². The minimum Gasteiger partial charge on any atom is -0.478 e. The van der Waals surface area contributed by atoms with E-state index in [0.717, 1.165) is 10.4 Å². The van der Waals surface area contributed by atoms with Crippen molar-refractivity contribution in [3.05, 3.63) is 29.3 Å². The normalized spacial score (nSPS) is 12.1. The maximum Gasteiger partial charge on any atom is 0.335 e. The van der Waals surface area contributed by atoms with Gasteiger partial charge < -0.3 is 10.2 Å². The van der Waals surface area contributed by atoms with E-state index in [1.54, 1.807) is 20.8 Å². The molecule has 20 heavy (non-hydrogen) atoms. The molecule has 0 amide bonds. The molecular weight excluding hydrogens is 282 g/mol. The van der Waals surface area contributed by atoms with E-state index in [0.29, 0.717) is 5.56 Å². The summed E-state index contributed by atoms with van der Waals surface area (Å²) in [5.41, 5.74) is 0.452. The van der Waals surface area contributed by atoms with E-state index >= 15 is 0 Å². The third kappa shape index (κ3) is 3.36. The van der Waals surface area contributed by atoms with Gasteiger partial charge in [0.2, 0.25) is 10.0 Å². The Morgan fingerprint density at radius 1 is 1.35 bits per heavy atom. The largest absolute Gasteiger partial charge is 0.478 e. The molecule has 0 aromatic heterocycles. The number of sulfonamides is 1. The standard InChI is InChI=1S/C13H19NO5S/c1-9(2)14(6-7-15)20(18,19)11-5-4-10(3)12(8-11)13(16)17/h4-5,8-9,15H,6-7H2,1-3H3,(H,16,17). The number of carbonyl (C=O) groups is 1. The van der Waals surface area contributed by atoms with Gasteiger partial charge in [0.1, 0.15) is 0 Å². The minimum atomic E-state index is -3.83. The Labute approximate surface area is 118 Å². The number of aliphatic hydroxyl groups excluding tert-OH is 1. The summed E-state index contributed by atoms with van der Waals surface area (Å²) >= 11 is 0. The van der Waals surface area contributed by atoms with Crippen LogP contribution < -0.4 is 0 Å². The number of rotatable bonds is 6. The van der Waals surface area contributed by atoms with Crippen LogP contribution in [-0.4, -0.2) is 48.1 Å². The van der Waals surface area contributed by atoms with Crippen LogP contribution in [0.5, 0.6) is 0 Å². The maximum absolute atomic E-state index is 12.5. The van der Waals surface area contributed by atoms with E-state index in [1.165, 1.54) is 12.1 Å². The minimum absolute atomic E-state index is 0.0315. The lowest BCUT2D eigenvalue weighted by Crippen LogP contribution is -2.39. The monoisotopic (exact) mass is 301 g/mol. The number of hydrogen-bond donors (Lipinski definition) is 2. The summed E-state index contributed by atoms with van der Waals surface area (Å²) in [6.07, 6.45) is 0. The van der Waals surface area contributed by atoms with E-state index in [1.807, 2.05) is 0 Å². The van der Waals surface area contributed by atoms with Crippen LogP contribution in [0.1, 0.15) is 29.8 Å². The van der Waals surface area contributed by atoms with Crippen LogP contribution in [0.3, 0.4) is 0 Å². The fourth-order valence-electron chi connectivity index (χ4n) is 1.88. The zero-order valence-electron chi connectivity index (χ0n) is 11.7. The van der Waals surface area contributed by atoms with Gasteiger partial charge in [-0.05, 0) is 38.5 Å². The highest BCUT2D eigenvalue weighted by Crippen LogP contribution is 2.21. The van der Waals surface area contributed by atoms with Crippen molar-refractivity contribution in [1.82, 2.24) is 4.31 Å². The molecule has 1 aromatic carbocycles. The number of carboxylic acid groups (broad SMARTS) is 1. The molecule has 0 aliphatic carbocycles. The lowest BCUT2D eigenvalue weighted by Gasteiger charge is -2.25. The first-order chi connectivity index (χ1) is 9.21. The average Bonchev–Trinajstić information content (AvgIpc) is 2.35. The summed E-state index contributed by atoms with van der Waals surface area (Å²) in [4.78, 5) is 11.0. The second kappa shape index (κ2) is 6.34. The molecule has 6 nitrogen and oxygen atoms in total. The molecule has 0 fully saturated rings. The molecule has 0 spiro atoms. The summed E-state index contributed by atoms with van der Waals surface area (Å²) in [5.74, 6) is -1.17. The summed E-state index contributed by atoms with van der Waals surface area (Å²) in [6, 6.07) is 3.67. The van der Waals surface area contributed by atoms with Crippen LogP contribution in [0.25, 0.3) is 0 Å². The Morgan fingerprint density at radius 3 is 2.40 bits per heavy atom. The molecule has 0 unspecified atom stereocenters. The number of carboxylic acids is 1. The Kier molecular flexibility index (Phi) is 5.27. The van der Waals surface area contributed by atoms with Crippen LogP contribution in [0.15, 0.2) is 23.1 Å². The molecule has 0 aliphatic rings. The number of aryl methyl sites for hydroxylation is 1. The highest BCUT2D eigenvalue weighted by atomic mass is 32.2. The van der Waals surface area contributed by atoms with Crippen molar-refractivity contribution in [3.8, 4) is 0 Å². The third-order valence-electron chi connectivity index (χ3n) is 2.94. The van der Waals surface area contributed by atoms with Crippen molar-refractivity contribution in [2.24, 2.45) is 0 Å². The Hall–Kier alpha value is -1.44. The average molecular weight is 301 g/mol. The van der Waals surface area contributed by atoms with Crippen molar-refractivity contribution < 1.29 is 23.4 Å². The zero-order chi connectivity index (χ0) is 15.5. The van der Waals surface area contributed by atoms with Crippen molar-refractivity contribution in [2.75, 3.05) is 13.2 Å². The van der Waals surface area contributed by atoms with Gasteiger partial charge in [0, 0.05) is 12.6 Å². The first kappa shape index (κ1) is 16.6. The molecule has 0 saturated heterocycles. The number of benzene rings is 1. The second-order valence-electron chi connectivity index (χ2n) is 4.71. The van der Waals surface area contributed by atoms with Crippen LogP contribution in [-0.2, 0) is 10.0 Å². The van der Waals surface area contributed by atoms with Gasteiger partial charge in [0.25, 0.3) is 0 Å². The van der Waals surface area contributed by atoms with Crippen LogP contribution in [0.2, 0.25) is 0 Å². The quantitative estimate of drug-likeness (QED) is 0.820. The fourth-order valence-corrected chi connectivity index (χ4v) is 3.54. The SMILES string of the molecule is Cc1ccc(S(=O)(=O)N(CCO)C(C)C)cc1C(=O)O. The van der Waals surface area contributed by atoms with Crippen molar-refractivity contribution >= 4 is 16.0 Å². The van der Waals surface area contributed by atoms with Gasteiger partial charge in [0.05, 0.1) is 17.1 Å². The summed E-state index contributed by atoms with van der Waals surface area (Å²) in [5, 5.41) is 18.0. The second-order valence-corrected chi connectivity index (χ2v) is 6.61. The molecule has 0 radical (unpaired) electrons. The molecule has 0 atom stereocenters. The van der Waals surface area contributed by atoms with Gasteiger partial charge >= 0.3 is 5.97 Å². The van der Waals surface area contributed by atoms with Crippen LogP contribution in [0.4, 0.5) is 0 Å². The predicted octanol–water partition coefficient (Wildman–Crippen LogP) is 1.08. The predicted molar refractivity (Wildman–Crippen MR) is 74.3 cm³/mol. The summed E-state index contributed by atoms with van der Waals surface area (Å²) < 4.78 is 26.1. The Balaban J connectivity index is 3.34. The maximum atomic E-state index is 12.5. The zero-order valence-corrected chi connectivity index (χ0v) is 12.5. The first-order valence-electron chi connectivity index (χ1n) is 6.18. The van der Waals surface area contributed by atoms with Crippen molar-refractivity contribution in [2.45, 2.75) is 31.7 Å². The molecule has 0 saturated carbocycles. The molecule has 1 aromatic rings. The summed E-state index contributed by atoms with van der Waals surface area (Å²) in [6.45, 7) is 4.66. The van der Waals surface area contributed by atoms with Crippen molar-refractivity contribution in [3.63, 3.8) is 0 Å². The number of hydrogen-bond acceptors (Lipinski definition) is 4. The van der Waals surface area contributed by atoms with Crippen LogP contribution in [0, 0.1) is 6.92 Å². The van der Waals surface area contributed by atoms with E-state index in [-0.39, 0.29) is 29.7 Å². The highest BCUT2D eigenvalue weighted by Gasteiger charge is 2.27. The highest BCUT2D eigenvalue weighted by molar-refractivity contribution is 7.89. The van der Waals surface area contributed by atoms with Gasteiger partial charge in [-0.2, -0.15) is 4.31 Å². The number of nitrogens with zero attached hydrogens (tertiary/aromatic N) is 1. The molecule has 0 aliphatic heterocycles. The third-order valence-corrected chi connectivity index (χ3v) is 5.01. The molecule has 112 valence electrons. The Bertz CT molecular complexity index is 595. The number of aromatic carboxylic acids is 1. The molecule has 0 bridgehead atoms. The molecule has 1 rings (SSSR count).